The van der Waals surface area contributed by atoms with Gasteiger partial charge in [0.2, 0.25) is 0 Å². The maximum atomic E-state index is 9.01. The molecule has 2 aromatic rings. The van der Waals surface area contributed by atoms with Crippen LogP contribution in [0.15, 0.2) is 42.6 Å². The molecular weight excluding hydrogens is 246 g/mol. The quantitative estimate of drug-likeness (QED) is 0.919. The third kappa shape index (κ3) is 2.79. The number of rotatable bonds is 3. The highest BCUT2D eigenvalue weighted by Crippen LogP contribution is 2.20. The van der Waals surface area contributed by atoms with Crippen molar-refractivity contribution in [1.82, 2.24) is 0 Å². The predicted octanol–water partition coefficient (Wildman–Crippen LogP) is 3.20. The van der Waals surface area contributed by atoms with E-state index in [1.54, 1.807) is 18.3 Å². The van der Waals surface area contributed by atoms with E-state index < -0.39 is 0 Å². The van der Waals surface area contributed by atoms with Gasteiger partial charge in [-0.25, -0.2) is 4.98 Å². The van der Waals surface area contributed by atoms with Crippen LogP contribution in [0, 0.1) is 11.3 Å². The van der Waals surface area contributed by atoms with Gasteiger partial charge in [0.1, 0.15) is 17.7 Å². The van der Waals surface area contributed by atoms with Gasteiger partial charge in [0.05, 0.1) is 6.20 Å². The first kappa shape index (κ1) is 12.4. The minimum absolute atomic E-state index is 0.0908. The summed E-state index contributed by atoms with van der Waals surface area (Å²) in [6.45, 7) is 2.03. The van der Waals surface area contributed by atoms with Gasteiger partial charge in [-0.15, -0.1) is 0 Å². The largest absolute Gasteiger partial charge is 0.290 e. The summed E-state index contributed by atoms with van der Waals surface area (Å²) in [5.74, 6) is 0.724. The van der Waals surface area contributed by atoms with Gasteiger partial charge in [-0.3, -0.25) is 5.32 Å². The van der Waals surface area contributed by atoms with Crippen molar-refractivity contribution in [3.63, 3.8) is 0 Å². The molecule has 4 heteroatoms. The molecule has 90 valence electrons. The van der Waals surface area contributed by atoms with Crippen LogP contribution in [0.3, 0.4) is 0 Å². The van der Waals surface area contributed by atoms with Gasteiger partial charge in [0.15, 0.2) is 0 Å². The van der Waals surface area contributed by atoms with E-state index in [9.17, 15) is 0 Å². The molecule has 0 saturated heterocycles. The Balaban J connectivity index is 2.19. The number of nitriles is 1. The van der Waals surface area contributed by atoms with Crippen molar-refractivity contribution < 1.29 is 4.98 Å². The molecule has 1 aromatic carbocycles. The van der Waals surface area contributed by atoms with Gasteiger partial charge in [-0.2, -0.15) is 5.26 Å². The van der Waals surface area contributed by atoms with Crippen LogP contribution < -0.4 is 10.3 Å². The Kier molecular flexibility index (Phi) is 3.81. The average Bonchev–Trinajstić information content (AvgIpc) is 2.40. The zero-order chi connectivity index (χ0) is 13.0. The molecular formula is C14H13ClN3+. The summed E-state index contributed by atoms with van der Waals surface area (Å²) in [5.41, 5.74) is 1.71. The number of nitrogens with one attached hydrogen (secondary N) is 2. The lowest BCUT2D eigenvalue weighted by molar-refractivity contribution is -0.361. The number of pyridine rings is 1. The smallest absolute Gasteiger partial charge is 0.267 e. The summed E-state index contributed by atoms with van der Waals surface area (Å²) in [5, 5.41) is 13.0. The third-order valence-electron chi connectivity index (χ3n) is 2.71. The molecule has 1 heterocycles. The number of benzene rings is 1. The lowest BCUT2D eigenvalue weighted by Crippen LogP contribution is -2.17. The molecule has 0 amide bonds. The van der Waals surface area contributed by atoms with Crippen LogP contribution >= 0.6 is 11.6 Å². The summed E-state index contributed by atoms with van der Waals surface area (Å²) in [6.07, 6.45) is 1.79. The normalized spacial score (nSPS) is 11.6. The summed E-state index contributed by atoms with van der Waals surface area (Å²) >= 11 is 5.85. The molecule has 0 aliphatic heterocycles. The van der Waals surface area contributed by atoms with E-state index in [-0.39, 0.29) is 6.04 Å². The minimum atomic E-state index is 0.0908. The fourth-order valence-corrected chi connectivity index (χ4v) is 1.83. The maximum absolute atomic E-state index is 9.01. The second-order valence-electron chi connectivity index (χ2n) is 3.99. The number of nitrogens with zero attached hydrogens (tertiary/aromatic N) is 1. The van der Waals surface area contributed by atoms with Crippen LogP contribution in [-0.2, 0) is 0 Å². The molecule has 0 aliphatic rings. The zero-order valence-electron chi connectivity index (χ0n) is 9.94. The average molecular weight is 259 g/mol. The monoisotopic (exact) mass is 258 g/mol. The first-order valence-corrected chi connectivity index (χ1v) is 6.01. The van der Waals surface area contributed by atoms with Gasteiger partial charge in [0, 0.05) is 5.02 Å². The maximum Gasteiger partial charge on any atom is 0.290 e. The predicted molar refractivity (Wildman–Crippen MR) is 71.2 cm³/mol. The van der Waals surface area contributed by atoms with Crippen LogP contribution in [0.2, 0.25) is 5.02 Å². The van der Waals surface area contributed by atoms with Gasteiger partial charge >= 0.3 is 0 Å². The molecule has 3 nitrogen and oxygen atoms in total. The van der Waals surface area contributed by atoms with E-state index in [1.165, 1.54) is 0 Å². The first-order valence-electron chi connectivity index (χ1n) is 5.63. The molecule has 1 atom stereocenters. The topological polar surface area (TPSA) is 50.0 Å². The van der Waals surface area contributed by atoms with Gasteiger partial charge < -0.3 is 0 Å². The van der Waals surface area contributed by atoms with Crippen LogP contribution in [0.4, 0.5) is 5.82 Å². The lowest BCUT2D eigenvalue weighted by Gasteiger charge is -2.09. The number of H-pyrrole nitrogens is 1. The van der Waals surface area contributed by atoms with E-state index in [0.29, 0.717) is 5.56 Å². The van der Waals surface area contributed by atoms with Crippen LogP contribution in [-0.4, -0.2) is 0 Å². The summed E-state index contributed by atoms with van der Waals surface area (Å²) in [7, 11) is 0. The molecule has 0 bridgehead atoms. The summed E-state index contributed by atoms with van der Waals surface area (Å²) in [4.78, 5) is 3.04. The Hall–Kier alpha value is -2.05. The molecule has 2 rings (SSSR count). The van der Waals surface area contributed by atoms with Crippen LogP contribution in [0.25, 0.3) is 0 Å². The molecule has 0 spiro atoms. The molecule has 0 aliphatic carbocycles. The second-order valence-corrected chi connectivity index (χ2v) is 4.42. The highest BCUT2D eigenvalue weighted by molar-refractivity contribution is 6.30. The second kappa shape index (κ2) is 5.52. The summed E-state index contributed by atoms with van der Waals surface area (Å²) < 4.78 is 0. The Bertz CT molecular complexity index is 572. The van der Waals surface area contributed by atoms with Crippen molar-refractivity contribution in [1.29, 1.82) is 5.26 Å². The van der Waals surface area contributed by atoms with E-state index in [1.807, 2.05) is 31.2 Å². The Morgan fingerprint density at radius 2 is 2.00 bits per heavy atom. The fraction of sp³-hybridized carbons (Fsp3) is 0.143. The van der Waals surface area contributed by atoms with Crippen LogP contribution in [0.5, 0.6) is 0 Å². The molecule has 1 aromatic heterocycles. The van der Waals surface area contributed by atoms with Gasteiger partial charge in [-0.05, 0) is 36.8 Å². The van der Waals surface area contributed by atoms with Crippen molar-refractivity contribution in [3.05, 3.63) is 58.7 Å². The number of aromatic amines is 1. The summed E-state index contributed by atoms with van der Waals surface area (Å²) in [6, 6.07) is 13.5. The highest BCUT2D eigenvalue weighted by atomic mass is 35.5. The molecule has 0 saturated carbocycles. The molecule has 0 unspecified atom stereocenters. The van der Waals surface area contributed by atoms with Gasteiger partial charge in [-0.1, -0.05) is 23.7 Å². The minimum Gasteiger partial charge on any atom is -0.267 e. The van der Waals surface area contributed by atoms with Crippen molar-refractivity contribution in [3.8, 4) is 6.07 Å². The molecule has 18 heavy (non-hydrogen) atoms. The number of hydrogen-bond acceptors (Lipinski definition) is 2. The van der Waals surface area contributed by atoms with Crippen molar-refractivity contribution in [2.24, 2.45) is 0 Å². The Morgan fingerprint density at radius 3 is 2.67 bits per heavy atom. The van der Waals surface area contributed by atoms with Crippen molar-refractivity contribution in [2.45, 2.75) is 13.0 Å². The van der Waals surface area contributed by atoms with E-state index in [2.05, 4.69) is 16.4 Å². The fourth-order valence-electron chi connectivity index (χ4n) is 1.70. The number of aromatic nitrogens is 1. The molecule has 2 N–H and O–H groups in total. The number of hydrogen-bond donors (Lipinski definition) is 1. The Morgan fingerprint density at radius 1 is 1.28 bits per heavy atom. The number of anilines is 1. The van der Waals surface area contributed by atoms with E-state index >= 15 is 0 Å². The first-order chi connectivity index (χ1) is 8.70. The van der Waals surface area contributed by atoms with E-state index in [0.717, 1.165) is 16.4 Å². The zero-order valence-corrected chi connectivity index (χ0v) is 10.7. The standard InChI is InChI=1S/C14H12ClN3/c1-10(11-4-6-13(15)7-5-11)18-14-12(9-16)3-2-8-17-14/h2-8,10H,1H3,(H,17,18)/p+1/t10-/m0/s1. The molecule has 0 fully saturated rings. The van der Waals surface area contributed by atoms with E-state index in [4.69, 9.17) is 16.9 Å². The van der Waals surface area contributed by atoms with Crippen molar-refractivity contribution >= 4 is 17.4 Å². The number of halogens is 1. The highest BCUT2D eigenvalue weighted by Gasteiger charge is 2.14. The lowest BCUT2D eigenvalue weighted by atomic mass is 10.1. The SMILES string of the molecule is C[C@H](Nc1[nH+]cccc1C#N)c1ccc(Cl)cc1. The van der Waals surface area contributed by atoms with Gasteiger partial charge in [0.25, 0.3) is 5.82 Å². The Labute approximate surface area is 111 Å². The van der Waals surface area contributed by atoms with Crippen molar-refractivity contribution in [2.75, 3.05) is 5.32 Å². The third-order valence-corrected chi connectivity index (χ3v) is 2.96. The molecule has 0 radical (unpaired) electrons. The van der Waals surface area contributed by atoms with Crippen LogP contribution in [0.1, 0.15) is 24.1 Å².